The average Bonchev–Trinajstić information content (AvgIpc) is 3.32. The van der Waals surface area contributed by atoms with Crippen LogP contribution in [0.4, 0.5) is 5.69 Å². The van der Waals surface area contributed by atoms with Crippen molar-refractivity contribution < 1.29 is 18.7 Å². The predicted octanol–water partition coefficient (Wildman–Crippen LogP) is 3.68. The minimum Gasteiger partial charge on any atom is -0.484 e. The van der Waals surface area contributed by atoms with Gasteiger partial charge in [0.15, 0.2) is 6.61 Å². The van der Waals surface area contributed by atoms with Crippen molar-refractivity contribution in [3.63, 3.8) is 0 Å². The molecule has 0 fully saturated rings. The Morgan fingerprint density at radius 1 is 0.875 bits per heavy atom. The molecule has 0 atom stereocenters. The van der Waals surface area contributed by atoms with E-state index in [9.17, 15) is 9.59 Å². The highest BCUT2D eigenvalue weighted by Crippen LogP contribution is 2.20. The van der Waals surface area contributed by atoms with Gasteiger partial charge in [0.05, 0.1) is 6.54 Å². The molecule has 0 radical (unpaired) electrons. The summed E-state index contributed by atoms with van der Waals surface area (Å²) in [6, 6.07) is 25.1. The van der Waals surface area contributed by atoms with E-state index in [1.165, 1.54) is 0 Å². The Labute approximate surface area is 184 Å². The van der Waals surface area contributed by atoms with Gasteiger partial charge in [0.2, 0.25) is 11.8 Å². The summed E-state index contributed by atoms with van der Waals surface area (Å²) in [4.78, 5) is 24.2. The van der Waals surface area contributed by atoms with E-state index in [1.54, 1.807) is 48.5 Å². The first-order valence-corrected chi connectivity index (χ1v) is 9.91. The fourth-order valence-corrected chi connectivity index (χ4v) is 2.88. The fourth-order valence-electron chi connectivity index (χ4n) is 2.88. The smallest absolute Gasteiger partial charge is 0.254 e. The van der Waals surface area contributed by atoms with Crippen molar-refractivity contribution in [1.82, 2.24) is 15.5 Å². The molecule has 32 heavy (non-hydrogen) atoms. The molecule has 3 aromatic carbocycles. The largest absolute Gasteiger partial charge is 0.484 e. The number of rotatable bonds is 8. The number of carbonyl (C=O) groups is 2. The summed E-state index contributed by atoms with van der Waals surface area (Å²) in [5.41, 5.74) is 1.86. The summed E-state index contributed by atoms with van der Waals surface area (Å²) in [7, 11) is 0. The highest BCUT2D eigenvalue weighted by Gasteiger charge is 2.10. The van der Waals surface area contributed by atoms with Gasteiger partial charge in [-0.25, -0.2) is 0 Å². The van der Waals surface area contributed by atoms with E-state index >= 15 is 0 Å². The van der Waals surface area contributed by atoms with Crippen molar-refractivity contribution in [2.45, 2.75) is 6.61 Å². The first-order valence-electron chi connectivity index (χ1n) is 9.91. The van der Waals surface area contributed by atoms with Crippen LogP contribution in [0.2, 0.25) is 0 Å². The third kappa shape index (κ3) is 5.57. The van der Waals surface area contributed by atoms with Gasteiger partial charge in [-0.3, -0.25) is 9.59 Å². The van der Waals surface area contributed by atoms with Crippen molar-refractivity contribution in [3.05, 3.63) is 96.4 Å². The molecule has 8 heteroatoms. The summed E-state index contributed by atoms with van der Waals surface area (Å²) in [5.74, 6) is 0.614. The third-order valence-electron chi connectivity index (χ3n) is 4.41. The molecule has 4 rings (SSSR count). The van der Waals surface area contributed by atoms with E-state index in [2.05, 4.69) is 20.8 Å². The first-order chi connectivity index (χ1) is 15.7. The number of hydrogen-bond donors (Lipinski definition) is 2. The molecule has 2 amide bonds. The number of ether oxygens (including phenoxy) is 1. The molecule has 0 spiro atoms. The number of aromatic nitrogens is 2. The molecule has 1 aromatic heterocycles. The van der Waals surface area contributed by atoms with E-state index in [4.69, 9.17) is 9.15 Å². The molecule has 2 N–H and O–H groups in total. The van der Waals surface area contributed by atoms with Gasteiger partial charge in [-0.1, -0.05) is 42.5 Å². The van der Waals surface area contributed by atoms with Crippen LogP contribution in [0, 0.1) is 0 Å². The molecule has 0 unspecified atom stereocenters. The monoisotopic (exact) mass is 428 g/mol. The lowest BCUT2D eigenvalue weighted by Gasteiger charge is -2.09. The number of hydrogen-bond acceptors (Lipinski definition) is 6. The van der Waals surface area contributed by atoms with Gasteiger partial charge >= 0.3 is 0 Å². The lowest BCUT2D eigenvalue weighted by atomic mass is 10.2. The predicted molar refractivity (Wildman–Crippen MR) is 118 cm³/mol. The molecule has 4 aromatic rings. The standard InChI is InChI=1S/C24H20N4O4/c29-21(15-25-23(30)17-8-3-1-4-9-17)26-19-12-7-13-20(14-19)31-16-22-27-28-24(32-22)18-10-5-2-6-11-18/h1-14H,15-16H2,(H,25,30)(H,26,29). The van der Waals surface area contributed by atoms with Crippen molar-refractivity contribution in [1.29, 1.82) is 0 Å². The van der Waals surface area contributed by atoms with E-state index < -0.39 is 0 Å². The number of amides is 2. The maximum Gasteiger partial charge on any atom is 0.254 e. The SMILES string of the molecule is O=C(CNC(=O)c1ccccc1)Nc1cccc(OCc2nnc(-c3ccccc3)o2)c1. The highest BCUT2D eigenvalue weighted by molar-refractivity contribution is 5.99. The van der Waals surface area contributed by atoms with Crippen LogP contribution in [0.5, 0.6) is 5.75 Å². The van der Waals surface area contributed by atoms with Crippen LogP contribution in [0.15, 0.2) is 89.3 Å². The molecule has 0 aliphatic carbocycles. The van der Waals surface area contributed by atoms with Gasteiger partial charge in [0, 0.05) is 22.9 Å². The van der Waals surface area contributed by atoms with Crippen LogP contribution in [-0.2, 0) is 11.4 Å². The van der Waals surface area contributed by atoms with E-state index in [0.29, 0.717) is 28.8 Å². The minimum absolute atomic E-state index is 0.0877. The minimum atomic E-state index is -0.351. The van der Waals surface area contributed by atoms with Crippen LogP contribution in [0.3, 0.4) is 0 Å². The van der Waals surface area contributed by atoms with Gasteiger partial charge in [-0.05, 0) is 36.4 Å². The zero-order valence-corrected chi connectivity index (χ0v) is 17.0. The number of benzene rings is 3. The van der Waals surface area contributed by atoms with Gasteiger partial charge in [0.25, 0.3) is 11.8 Å². The fraction of sp³-hybridized carbons (Fsp3) is 0.0833. The van der Waals surface area contributed by atoms with Crippen molar-refractivity contribution in [3.8, 4) is 17.2 Å². The second kappa shape index (κ2) is 10.0. The van der Waals surface area contributed by atoms with E-state index in [0.717, 1.165) is 5.56 Å². The third-order valence-corrected chi connectivity index (χ3v) is 4.41. The van der Waals surface area contributed by atoms with E-state index in [1.807, 2.05) is 36.4 Å². The van der Waals surface area contributed by atoms with Crippen molar-refractivity contribution in [2.75, 3.05) is 11.9 Å². The Morgan fingerprint density at radius 2 is 1.62 bits per heavy atom. The van der Waals surface area contributed by atoms with E-state index in [-0.39, 0.29) is 25.0 Å². The molecule has 0 saturated carbocycles. The second-order valence-electron chi connectivity index (χ2n) is 6.78. The molecule has 160 valence electrons. The van der Waals surface area contributed by atoms with Crippen LogP contribution in [0.1, 0.15) is 16.2 Å². The lowest BCUT2D eigenvalue weighted by molar-refractivity contribution is -0.115. The van der Waals surface area contributed by atoms with Crippen molar-refractivity contribution >= 4 is 17.5 Å². The summed E-state index contributed by atoms with van der Waals surface area (Å²) < 4.78 is 11.3. The lowest BCUT2D eigenvalue weighted by Crippen LogP contribution is -2.32. The molecule has 0 bridgehead atoms. The van der Waals surface area contributed by atoms with Gasteiger partial charge < -0.3 is 19.8 Å². The number of anilines is 1. The normalized spacial score (nSPS) is 10.4. The Morgan fingerprint density at radius 3 is 2.41 bits per heavy atom. The van der Waals surface area contributed by atoms with Crippen LogP contribution >= 0.6 is 0 Å². The number of carbonyl (C=O) groups excluding carboxylic acids is 2. The first kappa shape index (κ1) is 20.8. The van der Waals surface area contributed by atoms with Crippen molar-refractivity contribution in [2.24, 2.45) is 0 Å². The summed E-state index contributed by atoms with van der Waals surface area (Å²) in [6.45, 7) is -0.0621. The quantitative estimate of drug-likeness (QED) is 0.443. The highest BCUT2D eigenvalue weighted by atomic mass is 16.5. The molecular weight excluding hydrogens is 408 g/mol. The molecule has 0 saturated heterocycles. The Kier molecular flexibility index (Phi) is 6.52. The molecular formula is C24H20N4O4. The maximum absolute atomic E-state index is 12.2. The zero-order valence-electron chi connectivity index (χ0n) is 17.0. The molecule has 1 heterocycles. The van der Waals surface area contributed by atoms with Crippen LogP contribution < -0.4 is 15.4 Å². The summed E-state index contributed by atoms with van der Waals surface area (Å²) >= 11 is 0. The number of nitrogens with one attached hydrogen (secondary N) is 2. The molecule has 8 nitrogen and oxygen atoms in total. The topological polar surface area (TPSA) is 106 Å². The van der Waals surface area contributed by atoms with Gasteiger partial charge in [0.1, 0.15) is 5.75 Å². The molecule has 0 aliphatic heterocycles. The van der Waals surface area contributed by atoms with Gasteiger partial charge in [-0.2, -0.15) is 0 Å². The summed E-state index contributed by atoms with van der Waals surface area (Å²) in [5, 5.41) is 13.3. The van der Waals surface area contributed by atoms with Crippen LogP contribution in [0.25, 0.3) is 11.5 Å². The van der Waals surface area contributed by atoms with Crippen LogP contribution in [-0.4, -0.2) is 28.6 Å². The maximum atomic E-state index is 12.2. The Bertz CT molecular complexity index is 1190. The van der Waals surface area contributed by atoms with Gasteiger partial charge in [-0.15, -0.1) is 10.2 Å². The number of nitrogens with zero attached hydrogens (tertiary/aromatic N) is 2. The average molecular weight is 428 g/mol. The second-order valence-corrected chi connectivity index (χ2v) is 6.78. The Hall–Kier alpha value is -4.46. The Balaban J connectivity index is 1.28. The zero-order chi connectivity index (χ0) is 22.2. The summed E-state index contributed by atoms with van der Waals surface area (Å²) in [6.07, 6.45) is 0. The molecule has 0 aliphatic rings.